The Hall–Kier alpha value is -1.40. The standard InChI is InChI=1S/C12H13BrO5/c1-7(4-3-5-10(14)17-2)11(15)9-6-8(13)12(16)18-9/h3-6,9,11,15H,1-2H3/b5-3+,7-4+/t9-,11-/m0/s1. The Morgan fingerprint density at radius 3 is 2.83 bits per heavy atom. The number of ether oxygens (including phenoxy) is 2. The van der Waals surface area contributed by atoms with Crippen LogP contribution in [0.4, 0.5) is 0 Å². The largest absolute Gasteiger partial charge is 0.466 e. The zero-order valence-electron chi connectivity index (χ0n) is 9.92. The molecule has 1 heterocycles. The lowest BCUT2D eigenvalue weighted by atomic mass is 10.1. The van der Waals surface area contributed by atoms with E-state index in [2.05, 4.69) is 20.7 Å². The van der Waals surface area contributed by atoms with Gasteiger partial charge >= 0.3 is 11.9 Å². The molecule has 0 aromatic heterocycles. The highest BCUT2D eigenvalue weighted by atomic mass is 79.9. The SMILES string of the molecule is COC(=O)/C=C/C=C(\C)[C@H](O)[C@@H]1C=C(Br)C(=O)O1. The Balaban J connectivity index is 2.65. The fraction of sp³-hybridized carbons (Fsp3) is 0.333. The van der Waals surface area contributed by atoms with E-state index >= 15 is 0 Å². The molecule has 0 amide bonds. The van der Waals surface area contributed by atoms with Gasteiger partial charge in [0.1, 0.15) is 10.6 Å². The van der Waals surface area contributed by atoms with Gasteiger partial charge in [0.25, 0.3) is 0 Å². The summed E-state index contributed by atoms with van der Waals surface area (Å²) in [5, 5.41) is 9.91. The molecule has 1 aliphatic rings. The summed E-state index contributed by atoms with van der Waals surface area (Å²) in [4.78, 5) is 21.9. The van der Waals surface area contributed by atoms with Crippen LogP contribution in [0.2, 0.25) is 0 Å². The second kappa shape index (κ2) is 6.51. The summed E-state index contributed by atoms with van der Waals surface area (Å²) in [6, 6.07) is 0. The van der Waals surface area contributed by atoms with Gasteiger partial charge in [0, 0.05) is 6.08 Å². The number of aliphatic hydroxyl groups excluding tert-OH is 1. The second-order valence-corrected chi connectivity index (χ2v) is 4.48. The van der Waals surface area contributed by atoms with Crippen LogP contribution in [0.5, 0.6) is 0 Å². The maximum Gasteiger partial charge on any atom is 0.345 e. The lowest BCUT2D eigenvalue weighted by Crippen LogP contribution is -2.26. The Kier molecular flexibility index (Phi) is 5.30. The normalized spacial score (nSPS) is 21.8. The smallest absolute Gasteiger partial charge is 0.345 e. The van der Waals surface area contributed by atoms with Gasteiger partial charge in [-0.15, -0.1) is 0 Å². The number of methoxy groups -OCH3 is 1. The van der Waals surface area contributed by atoms with Crippen LogP contribution in [-0.2, 0) is 19.1 Å². The minimum Gasteiger partial charge on any atom is -0.466 e. The van der Waals surface area contributed by atoms with E-state index in [9.17, 15) is 14.7 Å². The molecule has 1 rings (SSSR count). The molecule has 0 spiro atoms. The molecule has 0 unspecified atom stereocenters. The zero-order valence-corrected chi connectivity index (χ0v) is 11.5. The van der Waals surface area contributed by atoms with Crippen molar-refractivity contribution in [1.82, 2.24) is 0 Å². The van der Waals surface area contributed by atoms with E-state index < -0.39 is 24.1 Å². The van der Waals surface area contributed by atoms with Crippen molar-refractivity contribution in [3.8, 4) is 0 Å². The fourth-order valence-corrected chi connectivity index (χ4v) is 1.64. The predicted octanol–water partition coefficient (Wildman–Crippen LogP) is 1.23. The minimum atomic E-state index is -0.953. The van der Waals surface area contributed by atoms with Gasteiger partial charge in [-0.2, -0.15) is 0 Å². The van der Waals surface area contributed by atoms with Crippen molar-refractivity contribution >= 4 is 27.9 Å². The fourth-order valence-electron chi connectivity index (χ4n) is 1.29. The van der Waals surface area contributed by atoms with E-state index in [0.29, 0.717) is 10.1 Å². The molecule has 0 aromatic rings. The van der Waals surface area contributed by atoms with Crippen molar-refractivity contribution in [3.05, 3.63) is 34.4 Å². The summed E-state index contributed by atoms with van der Waals surface area (Å²) in [7, 11) is 1.28. The Morgan fingerprint density at radius 1 is 1.67 bits per heavy atom. The van der Waals surface area contributed by atoms with Crippen LogP contribution in [0, 0.1) is 0 Å². The Labute approximate surface area is 113 Å². The molecule has 1 N–H and O–H groups in total. The van der Waals surface area contributed by atoms with E-state index in [1.165, 1.54) is 25.3 Å². The first-order valence-corrected chi connectivity index (χ1v) is 5.94. The number of allylic oxidation sites excluding steroid dienone is 2. The molecule has 6 heteroatoms. The van der Waals surface area contributed by atoms with Gasteiger partial charge < -0.3 is 14.6 Å². The summed E-state index contributed by atoms with van der Waals surface area (Å²) < 4.78 is 9.63. The van der Waals surface area contributed by atoms with Crippen LogP contribution in [-0.4, -0.2) is 36.4 Å². The van der Waals surface area contributed by atoms with Crippen molar-refractivity contribution in [2.75, 3.05) is 7.11 Å². The molecule has 0 saturated carbocycles. The summed E-state index contributed by atoms with van der Waals surface area (Å²) in [6.07, 6.45) is 4.06. The molecule has 0 aliphatic carbocycles. The van der Waals surface area contributed by atoms with Crippen molar-refractivity contribution in [3.63, 3.8) is 0 Å². The van der Waals surface area contributed by atoms with Crippen LogP contribution in [0.15, 0.2) is 34.4 Å². The topological polar surface area (TPSA) is 72.8 Å². The average molecular weight is 317 g/mol. The molecule has 0 bridgehead atoms. The summed E-state index contributed by atoms with van der Waals surface area (Å²) >= 11 is 3.02. The maximum atomic E-state index is 11.1. The number of hydrogen-bond acceptors (Lipinski definition) is 5. The van der Waals surface area contributed by atoms with E-state index in [4.69, 9.17) is 4.74 Å². The Morgan fingerprint density at radius 2 is 2.33 bits per heavy atom. The highest BCUT2D eigenvalue weighted by Crippen LogP contribution is 2.23. The van der Waals surface area contributed by atoms with Gasteiger partial charge in [-0.05, 0) is 34.5 Å². The van der Waals surface area contributed by atoms with E-state index in [1.807, 2.05) is 0 Å². The van der Waals surface area contributed by atoms with Gasteiger partial charge in [0.15, 0.2) is 6.10 Å². The summed E-state index contributed by atoms with van der Waals surface area (Å²) in [6.45, 7) is 1.67. The van der Waals surface area contributed by atoms with Crippen LogP contribution in [0.25, 0.3) is 0 Å². The van der Waals surface area contributed by atoms with Crippen LogP contribution < -0.4 is 0 Å². The quantitative estimate of drug-likeness (QED) is 0.480. The highest BCUT2D eigenvalue weighted by molar-refractivity contribution is 9.12. The van der Waals surface area contributed by atoms with Crippen molar-refractivity contribution in [2.45, 2.75) is 19.1 Å². The number of esters is 2. The molecule has 0 saturated heterocycles. The molecule has 1 aliphatic heterocycles. The molecule has 0 fully saturated rings. The number of halogens is 1. The number of cyclic esters (lactones) is 1. The third-order valence-corrected chi connectivity index (χ3v) is 2.91. The van der Waals surface area contributed by atoms with Crippen molar-refractivity contribution in [1.29, 1.82) is 0 Å². The van der Waals surface area contributed by atoms with E-state index in [-0.39, 0.29) is 0 Å². The first-order valence-electron chi connectivity index (χ1n) is 5.15. The Bertz CT molecular complexity index is 436. The highest BCUT2D eigenvalue weighted by Gasteiger charge is 2.30. The molecule has 0 radical (unpaired) electrons. The molecule has 18 heavy (non-hydrogen) atoms. The second-order valence-electron chi connectivity index (χ2n) is 3.62. The first-order chi connectivity index (χ1) is 8.45. The molecule has 0 aromatic carbocycles. The third kappa shape index (κ3) is 3.82. The van der Waals surface area contributed by atoms with E-state index in [1.54, 1.807) is 13.0 Å². The summed E-state index contributed by atoms with van der Waals surface area (Å²) in [5.41, 5.74) is 0.561. The minimum absolute atomic E-state index is 0.296. The van der Waals surface area contributed by atoms with Crippen LogP contribution in [0.3, 0.4) is 0 Å². The lowest BCUT2D eigenvalue weighted by molar-refractivity contribution is -0.142. The van der Waals surface area contributed by atoms with Crippen LogP contribution >= 0.6 is 15.9 Å². The van der Waals surface area contributed by atoms with Crippen molar-refractivity contribution < 1.29 is 24.2 Å². The monoisotopic (exact) mass is 316 g/mol. The van der Waals surface area contributed by atoms with Gasteiger partial charge in [-0.1, -0.05) is 12.2 Å². The maximum absolute atomic E-state index is 11.1. The number of hydrogen-bond donors (Lipinski definition) is 1. The zero-order chi connectivity index (χ0) is 13.7. The van der Waals surface area contributed by atoms with Gasteiger partial charge in [-0.3, -0.25) is 0 Å². The molecule has 5 nitrogen and oxygen atoms in total. The van der Waals surface area contributed by atoms with E-state index in [0.717, 1.165) is 0 Å². The van der Waals surface area contributed by atoms with Gasteiger partial charge in [0.2, 0.25) is 0 Å². The predicted molar refractivity (Wildman–Crippen MR) is 67.8 cm³/mol. The average Bonchev–Trinajstić information content (AvgIpc) is 2.68. The van der Waals surface area contributed by atoms with Gasteiger partial charge in [-0.25, -0.2) is 9.59 Å². The molecule has 98 valence electrons. The van der Waals surface area contributed by atoms with Crippen LogP contribution in [0.1, 0.15) is 6.92 Å². The molecule has 2 atom stereocenters. The van der Waals surface area contributed by atoms with Gasteiger partial charge in [0.05, 0.1) is 7.11 Å². The number of aliphatic hydroxyl groups is 1. The number of carbonyl (C=O) groups excluding carboxylic acids is 2. The number of rotatable bonds is 4. The molecular formula is C12H13BrO5. The summed E-state index contributed by atoms with van der Waals surface area (Å²) in [5.74, 6) is -0.986. The number of carbonyl (C=O) groups is 2. The lowest BCUT2D eigenvalue weighted by Gasteiger charge is -2.16. The van der Waals surface area contributed by atoms with Crippen molar-refractivity contribution in [2.24, 2.45) is 0 Å². The third-order valence-electron chi connectivity index (χ3n) is 2.32. The first kappa shape index (κ1) is 14.7. The molecular weight excluding hydrogens is 304 g/mol.